The van der Waals surface area contributed by atoms with Crippen LogP contribution in [-0.2, 0) is 0 Å². The van der Waals surface area contributed by atoms with Gasteiger partial charge in [-0.25, -0.2) is 9.67 Å². The molecule has 0 atom stereocenters. The van der Waals surface area contributed by atoms with Gasteiger partial charge in [0.15, 0.2) is 5.71 Å². The summed E-state index contributed by atoms with van der Waals surface area (Å²) >= 11 is 5.98. The Kier molecular flexibility index (Phi) is 6.29. The number of benzene rings is 3. The van der Waals surface area contributed by atoms with Gasteiger partial charge in [-0.3, -0.25) is 4.79 Å². The molecule has 8 heteroatoms. The minimum absolute atomic E-state index is 0.178. The molecule has 0 N–H and O–H groups in total. The minimum Gasteiger partial charge on any atom is -0.378 e. The Balaban J connectivity index is 1.58. The molecule has 0 radical (unpaired) electrons. The summed E-state index contributed by atoms with van der Waals surface area (Å²) in [4.78, 5) is 19.1. The van der Waals surface area contributed by atoms with E-state index in [2.05, 4.69) is 15.3 Å². The molecule has 1 heterocycles. The van der Waals surface area contributed by atoms with Gasteiger partial charge in [-0.2, -0.15) is 5.26 Å². The number of carbonyl (C=O) groups excluding carboxylic acids is 1. The molecule has 0 spiro atoms. The second-order valence-corrected chi connectivity index (χ2v) is 7.83. The molecule has 4 aromatic rings. The molecule has 33 heavy (non-hydrogen) atoms. The topological polar surface area (TPSA) is 87.2 Å². The van der Waals surface area contributed by atoms with Crippen molar-refractivity contribution >= 4 is 34.5 Å². The zero-order valence-electron chi connectivity index (χ0n) is 18.0. The third kappa shape index (κ3) is 4.81. The standard InChI is InChI=1S/C25H19ClN6O/c1-31(2)21-13-9-20(10-14-21)29-23(15-27)25(33)18-5-11-22(12-6-18)32-24(16-28-30-32)17-3-7-19(26)8-4-17/h3-14,16H,1-2H3. The van der Waals surface area contributed by atoms with E-state index in [4.69, 9.17) is 11.6 Å². The quantitative estimate of drug-likeness (QED) is 0.297. The molecular weight excluding hydrogens is 436 g/mol. The SMILES string of the molecule is CN(C)c1ccc(N=C(C#N)C(=O)c2ccc(-n3nncc3-c3ccc(Cl)cc3)cc2)cc1. The lowest BCUT2D eigenvalue weighted by molar-refractivity contribution is 0.106. The van der Waals surface area contributed by atoms with Gasteiger partial charge in [0.1, 0.15) is 6.07 Å². The summed E-state index contributed by atoms with van der Waals surface area (Å²) in [5.74, 6) is -0.447. The minimum atomic E-state index is -0.447. The molecule has 0 fully saturated rings. The number of nitriles is 1. The van der Waals surface area contributed by atoms with Crippen molar-refractivity contribution in [2.24, 2.45) is 4.99 Å². The Morgan fingerprint density at radius 2 is 1.67 bits per heavy atom. The molecule has 7 nitrogen and oxygen atoms in total. The van der Waals surface area contributed by atoms with Crippen LogP contribution in [-0.4, -0.2) is 40.6 Å². The summed E-state index contributed by atoms with van der Waals surface area (Å²) in [7, 11) is 3.87. The van der Waals surface area contributed by atoms with Gasteiger partial charge in [-0.1, -0.05) is 28.9 Å². The molecule has 162 valence electrons. The lowest BCUT2D eigenvalue weighted by Crippen LogP contribution is -2.12. The molecule has 0 unspecified atom stereocenters. The van der Waals surface area contributed by atoms with Crippen molar-refractivity contribution in [1.82, 2.24) is 15.0 Å². The maximum Gasteiger partial charge on any atom is 0.222 e. The highest BCUT2D eigenvalue weighted by atomic mass is 35.5. The van der Waals surface area contributed by atoms with Gasteiger partial charge < -0.3 is 4.90 Å². The lowest BCUT2D eigenvalue weighted by Gasteiger charge is -2.11. The average Bonchev–Trinajstić information content (AvgIpc) is 3.33. The van der Waals surface area contributed by atoms with Crippen LogP contribution >= 0.6 is 11.6 Å². The van der Waals surface area contributed by atoms with Crippen LogP contribution < -0.4 is 4.90 Å². The Labute approximate surface area is 196 Å². The van der Waals surface area contributed by atoms with Crippen LogP contribution in [0.4, 0.5) is 11.4 Å². The number of hydrogen-bond acceptors (Lipinski definition) is 6. The highest BCUT2D eigenvalue weighted by Gasteiger charge is 2.15. The number of rotatable bonds is 6. The van der Waals surface area contributed by atoms with Crippen molar-refractivity contribution < 1.29 is 4.79 Å². The number of hydrogen-bond donors (Lipinski definition) is 0. The summed E-state index contributed by atoms with van der Waals surface area (Å²) in [5, 5.41) is 18.3. The third-order valence-electron chi connectivity index (χ3n) is 4.99. The van der Waals surface area contributed by atoms with Gasteiger partial charge in [0.05, 0.1) is 23.3 Å². The first-order chi connectivity index (χ1) is 16.0. The summed E-state index contributed by atoms with van der Waals surface area (Å²) in [5.41, 5.74) is 4.14. The smallest absolute Gasteiger partial charge is 0.222 e. The molecule has 0 amide bonds. The fourth-order valence-corrected chi connectivity index (χ4v) is 3.34. The Bertz CT molecular complexity index is 1350. The van der Waals surface area contributed by atoms with E-state index in [0.717, 1.165) is 22.6 Å². The zero-order valence-corrected chi connectivity index (χ0v) is 18.7. The van der Waals surface area contributed by atoms with Crippen LogP contribution in [0.5, 0.6) is 0 Å². The third-order valence-corrected chi connectivity index (χ3v) is 5.24. The highest BCUT2D eigenvalue weighted by Crippen LogP contribution is 2.24. The second kappa shape index (κ2) is 9.47. The van der Waals surface area contributed by atoms with Gasteiger partial charge >= 0.3 is 0 Å². The fourth-order valence-electron chi connectivity index (χ4n) is 3.21. The normalized spacial score (nSPS) is 11.2. The summed E-state index contributed by atoms with van der Waals surface area (Å²) in [6.45, 7) is 0. The summed E-state index contributed by atoms with van der Waals surface area (Å²) in [6.07, 6.45) is 1.66. The molecule has 0 aliphatic carbocycles. The van der Waals surface area contributed by atoms with Crippen molar-refractivity contribution in [2.75, 3.05) is 19.0 Å². The van der Waals surface area contributed by atoms with E-state index >= 15 is 0 Å². The molecule has 3 aromatic carbocycles. The molecule has 1 aromatic heterocycles. The van der Waals surface area contributed by atoms with Crippen molar-refractivity contribution in [3.05, 3.63) is 89.6 Å². The van der Waals surface area contributed by atoms with Gasteiger partial charge in [-0.15, -0.1) is 5.10 Å². The molecular formula is C25H19ClN6O. The summed E-state index contributed by atoms with van der Waals surface area (Å²) < 4.78 is 1.67. The maximum absolute atomic E-state index is 12.9. The number of anilines is 1. The van der Waals surface area contributed by atoms with Crippen LogP contribution in [0.1, 0.15) is 10.4 Å². The van der Waals surface area contributed by atoms with Crippen molar-refractivity contribution in [2.45, 2.75) is 0 Å². The Hall–Kier alpha value is -4.28. The first kappa shape index (κ1) is 21.9. The van der Waals surface area contributed by atoms with Gasteiger partial charge in [0, 0.05) is 35.9 Å². The van der Waals surface area contributed by atoms with Crippen molar-refractivity contribution in [3.8, 4) is 23.0 Å². The predicted octanol–water partition coefficient (Wildman–Crippen LogP) is 5.13. The highest BCUT2D eigenvalue weighted by molar-refractivity contribution is 6.51. The molecule has 0 aliphatic heterocycles. The van der Waals surface area contributed by atoms with Crippen LogP contribution in [0.2, 0.25) is 5.02 Å². The van der Waals surface area contributed by atoms with Crippen LogP contribution in [0.25, 0.3) is 16.9 Å². The Morgan fingerprint density at radius 3 is 2.27 bits per heavy atom. The van der Waals surface area contributed by atoms with E-state index in [9.17, 15) is 10.1 Å². The molecule has 0 bridgehead atoms. The average molecular weight is 455 g/mol. The number of carbonyl (C=O) groups is 1. The molecule has 4 rings (SSSR count). The monoisotopic (exact) mass is 454 g/mol. The number of halogens is 1. The maximum atomic E-state index is 12.9. The van der Waals surface area contributed by atoms with Crippen LogP contribution in [0, 0.1) is 11.3 Å². The van der Waals surface area contributed by atoms with Crippen LogP contribution in [0.3, 0.4) is 0 Å². The first-order valence-corrected chi connectivity index (χ1v) is 10.4. The number of Topliss-reactive ketones (excluding diaryl/α,β-unsaturated/α-hetero) is 1. The van der Waals surface area contributed by atoms with Crippen molar-refractivity contribution in [1.29, 1.82) is 5.26 Å². The largest absolute Gasteiger partial charge is 0.378 e. The predicted molar refractivity (Wildman–Crippen MR) is 130 cm³/mol. The number of aliphatic imine (C=N–C) groups is 1. The van der Waals surface area contributed by atoms with E-state index in [1.165, 1.54) is 0 Å². The van der Waals surface area contributed by atoms with E-state index in [1.807, 2.05) is 49.3 Å². The Morgan fingerprint density at radius 1 is 1.00 bits per heavy atom. The van der Waals surface area contributed by atoms with Gasteiger partial charge in [0.2, 0.25) is 5.78 Å². The number of ketones is 1. The van der Waals surface area contributed by atoms with Crippen LogP contribution in [0.15, 0.2) is 84.0 Å². The molecule has 0 aliphatic rings. The number of nitrogens with zero attached hydrogens (tertiary/aromatic N) is 6. The first-order valence-electron chi connectivity index (χ1n) is 10.0. The molecule has 0 saturated carbocycles. The fraction of sp³-hybridized carbons (Fsp3) is 0.0800. The summed E-state index contributed by atoms with van der Waals surface area (Å²) in [6, 6.07) is 23.4. The van der Waals surface area contributed by atoms with Crippen molar-refractivity contribution in [3.63, 3.8) is 0 Å². The van der Waals surface area contributed by atoms with E-state index in [1.54, 1.807) is 59.4 Å². The van der Waals surface area contributed by atoms with E-state index < -0.39 is 5.78 Å². The molecule has 0 saturated heterocycles. The lowest BCUT2D eigenvalue weighted by atomic mass is 10.1. The van der Waals surface area contributed by atoms with E-state index in [0.29, 0.717) is 16.3 Å². The van der Waals surface area contributed by atoms with E-state index in [-0.39, 0.29) is 5.71 Å². The number of aromatic nitrogens is 3. The zero-order chi connectivity index (χ0) is 23.4. The second-order valence-electron chi connectivity index (χ2n) is 7.40. The van der Waals surface area contributed by atoms with Gasteiger partial charge in [-0.05, 0) is 60.7 Å². The van der Waals surface area contributed by atoms with Gasteiger partial charge in [0.25, 0.3) is 0 Å².